The third kappa shape index (κ3) is 4.03. The van der Waals surface area contributed by atoms with Gasteiger partial charge in [0.2, 0.25) is 0 Å². The van der Waals surface area contributed by atoms with Crippen LogP contribution >= 0.6 is 15.9 Å². The predicted molar refractivity (Wildman–Crippen MR) is 123 cm³/mol. The molecule has 3 aromatic heterocycles. The van der Waals surface area contributed by atoms with E-state index >= 15 is 0 Å². The molecule has 3 heterocycles. The third-order valence-corrected chi connectivity index (χ3v) is 5.38. The number of carbonyl (C=O) groups is 2. The normalized spacial score (nSPS) is 11.0. The van der Waals surface area contributed by atoms with E-state index in [1.807, 2.05) is 26.8 Å². The van der Waals surface area contributed by atoms with Gasteiger partial charge in [-0.25, -0.2) is 9.78 Å². The Morgan fingerprint density at radius 1 is 1.16 bits per heavy atom. The maximum atomic E-state index is 12.8. The first-order chi connectivity index (χ1) is 15.3. The average Bonchev–Trinajstić information content (AvgIpc) is 3.35. The van der Waals surface area contributed by atoms with E-state index in [-0.39, 0.29) is 23.7 Å². The van der Waals surface area contributed by atoms with Crippen LogP contribution in [0.3, 0.4) is 0 Å². The monoisotopic (exact) mass is 496 g/mol. The lowest BCUT2D eigenvalue weighted by Gasteiger charge is -2.13. The van der Waals surface area contributed by atoms with Gasteiger partial charge in [0.25, 0.3) is 5.91 Å². The van der Waals surface area contributed by atoms with Crippen LogP contribution in [0.4, 0.5) is 5.82 Å². The maximum Gasteiger partial charge on any atom is 0.343 e. The van der Waals surface area contributed by atoms with Gasteiger partial charge in [0.1, 0.15) is 5.56 Å². The number of rotatable bonds is 5. The molecule has 0 spiro atoms. The standard InChI is InChI=1S/C23H21BrN4O4/c1-5-31-23(30)16-11-25-28(21(16)27-22(29)17-6-7-18(24)32-17)19-10-13(3)15-9-12(2)8-14(4)20(15)26-19/h6-11H,5H2,1-4H3,(H,27,29). The molecular formula is C23H21BrN4O4. The molecule has 0 unspecified atom stereocenters. The first-order valence-corrected chi connectivity index (χ1v) is 10.8. The van der Waals surface area contributed by atoms with Crippen molar-refractivity contribution in [2.24, 2.45) is 0 Å². The smallest absolute Gasteiger partial charge is 0.343 e. The number of hydrogen-bond donors (Lipinski definition) is 1. The van der Waals surface area contributed by atoms with E-state index in [0.29, 0.717) is 10.5 Å². The summed E-state index contributed by atoms with van der Waals surface area (Å²) in [5.74, 6) is -0.440. The van der Waals surface area contributed by atoms with E-state index < -0.39 is 11.9 Å². The zero-order valence-electron chi connectivity index (χ0n) is 18.0. The highest BCUT2D eigenvalue weighted by Crippen LogP contribution is 2.27. The van der Waals surface area contributed by atoms with Gasteiger partial charge in [-0.1, -0.05) is 11.6 Å². The molecule has 4 aromatic rings. The maximum absolute atomic E-state index is 12.8. The number of nitrogens with one attached hydrogen (secondary N) is 1. The lowest BCUT2D eigenvalue weighted by Crippen LogP contribution is -2.18. The number of nitrogens with zero attached hydrogens (tertiary/aromatic N) is 3. The highest BCUT2D eigenvalue weighted by Gasteiger charge is 2.24. The quantitative estimate of drug-likeness (QED) is 0.384. The van der Waals surface area contributed by atoms with Gasteiger partial charge in [-0.05, 0) is 79.0 Å². The van der Waals surface area contributed by atoms with Gasteiger partial charge in [0.15, 0.2) is 22.1 Å². The number of amides is 1. The summed E-state index contributed by atoms with van der Waals surface area (Å²) < 4.78 is 12.3. The minimum Gasteiger partial charge on any atom is -0.462 e. The van der Waals surface area contributed by atoms with Crippen LogP contribution in [0.1, 0.15) is 44.5 Å². The number of benzene rings is 1. The van der Waals surface area contributed by atoms with Gasteiger partial charge in [0.05, 0.1) is 18.3 Å². The van der Waals surface area contributed by atoms with Crippen molar-refractivity contribution < 1.29 is 18.7 Å². The molecular weight excluding hydrogens is 476 g/mol. The molecule has 4 rings (SSSR count). The molecule has 164 valence electrons. The largest absolute Gasteiger partial charge is 0.462 e. The molecule has 32 heavy (non-hydrogen) atoms. The summed E-state index contributed by atoms with van der Waals surface area (Å²) in [7, 11) is 0. The van der Waals surface area contributed by atoms with Crippen LogP contribution in [0.5, 0.6) is 0 Å². The Morgan fingerprint density at radius 3 is 2.62 bits per heavy atom. The Kier molecular flexibility index (Phi) is 5.84. The van der Waals surface area contributed by atoms with Crippen molar-refractivity contribution in [3.05, 3.63) is 69.2 Å². The highest BCUT2D eigenvalue weighted by atomic mass is 79.9. The predicted octanol–water partition coefficient (Wildman–Crippen LogP) is 5.13. The first-order valence-electron chi connectivity index (χ1n) is 9.99. The van der Waals surface area contributed by atoms with Gasteiger partial charge in [-0.3, -0.25) is 4.79 Å². The van der Waals surface area contributed by atoms with Crippen molar-refractivity contribution in [1.29, 1.82) is 0 Å². The molecule has 0 radical (unpaired) electrons. The lowest BCUT2D eigenvalue weighted by molar-refractivity contribution is 0.0527. The number of carbonyl (C=O) groups excluding carboxylic acids is 2. The van der Waals surface area contributed by atoms with Gasteiger partial charge in [0, 0.05) is 5.39 Å². The van der Waals surface area contributed by atoms with Crippen LogP contribution in [0, 0.1) is 20.8 Å². The number of furan rings is 1. The second-order valence-corrected chi connectivity index (χ2v) is 8.15. The fraction of sp³-hybridized carbons (Fsp3) is 0.217. The first kappa shape index (κ1) is 21.8. The summed E-state index contributed by atoms with van der Waals surface area (Å²) in [4.78, 5) is 30.1. The van der Waals surface area contributed by atoms with Crippen molar-refractivity contribution in [3.63, 3.8) is 0 Å². The Bertz CT molecular complexity index is 1360. The number of hydrogen-bond acceptors (Lipinski definition) is 6. The van der Waals surface area contributed by atoms with E-state index in [4.69, 9.17) is 14.1 Å². The van der Waals surface area contributed by atoms with Gasteiger partial charge in [-0.15, -0.1) is 0 Å². The zero-order valence-corrected chi connectivity index (χ0v) is 19.6. The minimum absolute atomic E-state index is 0.0772. The van der Waals surface area contributed by atoms with Crippen LogP contribution in [0.15, 0.2) is 45.6 Å². The molecule has 0 aliphatic heterocycles. The molecule has 8 nitrogen and oxygen atoms in total. The zero-order chi connectivity index (χ0) is 23.0. The molecule has 0 aliphatic carbocycles. The molecule has 1 aromatic carbocycles. The molecule has 0 aliphatic rings. The van der Waals surface area contributed by atoms with Crippen LogP contribution in [-0.2, 0) is 4.74 Å². The number of halogens is 1. The van der Waals surface area contributed by atoms with E-state index in [0.717, 1.165) is 27.6 Å². The number of pyridine rings is 1. The lowest BCUT2D eigenvalue weighted by atomic mass is 10.0. The van der Waals surface area contributed by atoms with E-state index in [1.165, 1.54) is 16.9 Å². The number of fused-ring (bicyclic) bond motifs is 1. The van der Waals surface area contributed by atoms with Crippen molar-refractivity contribution in [3.8, 4) is 5.82 Å². The Labute approximate surface area is 192 Å². The van der Waals surface area contributed by atoms with E-state index in [9.17, 15) is 9.59 Å². The molecule has 0 bridgehead atoms. The summed E-state index contributed by atoms with van der Waals surface area (Å²) in [5, 5.41) is 8.10. The van der Waals surface area contributed by atoms with E-state index in [1.54, 1.807) is 13.0 Å². The van der Waals surface area contributed by atoms with Crippen molar-refractivity contribution in [1.82, 2.24) is 14.8 Å². The van der Waals surface area contributed by atoms with Crippen molar-refractivity contribution >= 4 is 44.5 Å². The molecule has 9 heteroatoms. The number of aromatic nitrogens is 3. The molecule has 0 atom stereocenters. The highest BCUT2D eigenvalue weighted by molar-refractivity contribution is 9.10. The fourth-order valence-electron chi connectivity index (χ4n) is 3.54. The number of esters is 1. The Hall–Kier alpha value is -3.46. The molecule has 0 fully saturated rings. The molecule has 1 N–H and O–H groups in total. The Morgan fingerprint density at radius 2 is 1.94 bits per heavy atom. The van der Waals surface area contributed by atoms with Crippen LogP contribution in [0.25, 0.3) is 16.7 Å². The number of ether oxygens (including phenoxy) is 1. The van der Waals surface area contributed by atoms with Crippen LogP contribution in [-0.4, -0.2) is 33.2 Å². The van der Waals surface area contributed by atoms with E-state index in [2.05, 4.69) is 38.5 Å². The second kappa shape index (κ2) is 8.58. The summed E-state index contributed by atoms with van der Waals surface area (Å²) >= 11 is 3.18. The second-order valence-electron chi connectivity index (χ2n) is 7.37. The molecule has 1 amide bonds. The average molecular weight is 497 g/mol. The Balaban J connectivity index is 1.85. The topological polar surface area (TPSA) is 99.2 Å². The number of aryl methyl sites for hydroxylation is 3. The van der Waals surface area contributed by atoms with Gasteiger partial charge in [-0.2, -0.15) is 9.78 Å². The number of anilines is 1. The summed E-state index contributed by atoms with van der Waals surface area (Å²) in [5.41, 5.74) is 4.11. The summed E-state index contributed by atoms with van der Waals surface area (Å²) in [6.45, 7) is 7.92. The summed E-state index contributed by atoms with van der Waals surface area (Å²) in [6.07, 6.45) is 1.36. The van der Waals surface area contributed by atoms with Crippen molar-refractivity contribution in [2.75, 3.05) is 11.9 Å². The van der Waals surface area contributed by atoms with Gasteiger partial charge < -0.3 is 14.5 Å². The van der Waals surface area contributed by atoms with Gasteiger partial charge >= 0.3 is 5.97 Å². The summed E-state index contributed by atoms with van der Waals surface area (Å²) in [6, 6.07) is 9.14. The molecule has 0 saturated carbocycles. The van der Waals surface area contributed by atoms with Crippen LogP contribution < -0.4 is 5.32 Å². The van der Waals surface area contributed by atoms with Crippen LogP contribution in [0.2, 0.25) is 0 Å². The minimum atomic E-state index is -0.598. The van der Waals surface area contributed by atoms with Crippen molar-refractivity contribution in [2.45, 2.75) is 27.7 Å². The SMILES string of the molecule is CCOC(=O)c1cnn(-c2cc(C)c3cc(C)cc(C)c3n2)c1NC(=O)c1ccc(Br)o1. The molecule has 0 saturated heterocycles. The third-order valence-electron chi connectivity index (χ3n) is 4.95. The fourth-order valence-corrected chi connectivity index (χ4v) is 3.85.